The standard InChI is InChI=1S/C5H5N3S2/c1-9-5-7-8-3-2-6-4(8)10-5/h2-3H,1H3. The second kappa shape index (κ2) is 2.25. The van der Waals surface area contributed by atoms with Crippen LogP contribution in [0.3, 0.4) is 0 Å². The van der Waals surface area contributed by atoms with Crippen LogP contribution in [0.25, 0.3) is 4.96 Å². The lowest BCUT2D eigenvalue weighted by atomic mass is 11.0. The Kier molecular flexibility index (Phi) is 1.39. The monoisotopic (exact) mass is 171 g/mol. The van der Waals surface area contributed by atoms with Gasteiger partial charge in [-0.15, -0.1) is 5.10 Å². The van der Waals surface area contributed by atoms with E-state index in [9.17, 15) is 0 Å². The first-order valence-corrected chi connectivity index (χ1v) is 4.78. The van der Waals surface area contributed by atoms with Crippen molar-refractivity contribution in [3.8, 4) is 0 Å². The largest absolute Gasteiger partial charge is 0.226 e. The lowest BCUT2D eigenvalue weighted by Gasteiger charge is -1.78. The van der Waals surface area contributed by atoms with Gasteiger partial charge in [-0.25, -0.2) is 9.50 Å². The molecule has 0 spiro atoms. The van der Waals surface area contributed by atoms with Gasteiger partial charge in [-0.1, -0.05) is 23.1 Å². The maximum absolute atomic E-state index is 4.23. The summed E-state index contributed by atoms with van der Waals surface area (Å²) in [5.74, 6) is 0. The van der Waals surface area contributed by atoms with E-state index in [1.54, 1.807) is 33.8 Å². The van der Waals surface area contributed by atoms with Crippen LogP contribution in [0.2, 0.25) is 0 Å². The Morgan fingerprint density at radius 3 is 3.30 bits per heavy atom. The molecule has 0 fully saturated rings. The molecule has 2 rings (SSSR count). The molecule has 3 nitrogen and oxygen atoms in total. The van der Waals surface area contributed by atoms with E-state index in [0.717, 1.165) is 9.30 Å². The number of rotatable bonds is 1. The first kappa shape index (κ1) is 6.18. The number of thioether (sulfide) groups is 1. The van der Waals surface area contributed by atoms with Crippen LogP contribution >= 0.6 is 23.1 Å². The predicted octanol–water partition coefficient (Wildman–Crippen LogP) is 1.51. The molecule has 2 heterocycles. The van der Waals surface area contributed by atoms with E-state index < -0.39 is 0 Å². The van der Waals surface area contributed by atoms with E-state index in [1.165, 1.54) is 0 Å². The van der Waals surface area contributed by atoms with Gasteiger partial charge in [0.25, 0.3) is 0 Å². The maximum atomic E-state index is 4.23. The van der Waals surface area contributed by atoms with E-state index in [-0.39, 0.29) is 0 Å². The van der Waals surface area contributed by atoms with Crippen LogP contribution in [-0.4, -0.2) is 20.9 Å². The van der Waals surface area contributed by atoms with Crippen LogP contribution < -0.4 is 0 Å². The highest BCUT2D eigenvalue weighted by atomic mass is 32.2. The third-order valence-corrected chi connectivity index (χ3v) is 3.04. The van der Waals surface area contributed by atoms with Crippen LogP contribution in [0.4, 0.5) is 0 Å². The lowest BCUT2D eigenvalue weighted by molar-refractivity contribution is 0.916. The summed E-state index contributed by atoms with van der Waals surface area (Å²) in [7, 11) is 0. The zero-order chi connectivity index (χ0) is 6.97. The second-order valence-electron chi connectivity index (χ2n) is 1.73. The molecule has 0 aromatic carbocycles. The molecule has 52 valence electrons. The van der Waals surface area contributed by atoms with Crippen molar-refractivity contribution >= 4 is 28.1 Å². The number of hydrogen-bond donors (Lipinski definition) is 0. The van der Waals surface area contributed by atoms with E-state index in [0.29, 0.717) is 0 Å². The molecule has 0 atom stereocenters. The molecular weight excluding hydrogens is 166 g/mol. The lowest BCUT2D eigenvalue weighted by Crippen LogP contribution is -1.78. The second-order valence-corrected chi connectivity index (χ2v) is 3.74. The quantitative estimate of drug-likeness (QED) is 0.609. The average molecular weight is 171 g/mol. The minimum atomic E-state index is 0.962. The molecule has 0 amide bonds. The van der Waals surface area contributed by atoms with Crippen molar-refractivity contribution in [3.63, 3.8) is 0 Å². The van der Waals surface area contributed by atoms with Gasteiger partial charge in [0.2, 0.25) is 4.96 Å². The molecule has 0 N–H and O–H groups in total. The highest BCUT2D eigenvalue weighted by Gasteiger charge is 2.00. The zero-order valence-electron chi connectivity index (χ0n) is 5.31. The summed E-state index contributed by atoms with van der Waals surface area (Å²) in [6.45, 7) is 0. The molecule has 0 radical (unpaired) electrons. The highest BCUT2D eigenvalue weighted by molar-refractivity contribution is 8.00. The van der Waals surface area contributed by atoms with Crippen molar-refractivity contribution in [1.29, 1.82) is 0 Å². The van der Waals surface area contributed by atoms with Crippen molar-refractivity contribution < 1.29 is 0 Å². The van der Waals surface area contributed by atoms with Gasteiger partial charge in [0.05, 0.1) is 6.20 Å². The van der Waals surface area contributed by atoms with Crippen molar-refractivity contribution in [2.45, 2.75) is 4.34 Å². The van der Waals surface area contributed by atoms with Crippen LogP contribution in [0.15, 0.2) is 16.7 Å². The fraction of sp³-hybridized carbons (Fsp3) is 0.200. The van der Waals surface area contributed by atoms with Crippen molar-refractivity contribution in [2.24, 2.45) is 0 Å². The molecule has 0 aliphatic rings. The molecule has 5 heteroatoms. The van der Waals surface area contributed by atoms with Gasteiger partial charge in [0.15, 0.2) is 4.34 Å². The average Bonchev–Trinajstić information content (AvgIpc) is 2.42. The first-order chi connectivity index (χ1) is 4.90. The molecule has 2 aromatic heterocycles. The smallest absolute Gasteiger partial charge is 0.212 e. The zero-order valence-corrected chi connectivity index (χ0v) is 6.95. The first-order valence-electron chi connectivity index (χ1n) is 2.74. The van der Waals surface area contributed by atoms with Crippen molar-refractivity contribution in [3.05, 3.63) is 12.4 Å². The van der Waals surface area contributed by atoms with E-state index in [1.807, 2.05) is 12.5 Å². The molecule has 0 aliphatic heterocycles. The minimum absolute atomic E-state index is 0.962. The normalized spacial score (nSPS) is 10.9. The summed E-state index contributed by atoms with van der Waals surface area (Å²) in [6.07, 6.45) is 5.62. The molecule has 0 saturated carbocycles. The van der Waals surface area contributed by atoms with Gasteiger partial charge >= 0.3 is 0 Å². The third-order valence-electron chi connectivity index (χ3n) is 1.13. The SMILES string of the molecule is CSc1nn2ccnc2s1. The molecule has 10 heavy (non-hydrogen) atoms. The Hall–Kier alpha value is -0.550. The van der Waals surface area contributed by atoms with Crippen LogP contribution in [0.5, 0.6) is 0 Å². The number of imidazole rings is 1. The van der Waals surface area contributed by atoms with Crippen LogP contribution in [-0.2, 0) is 0 Å². The molecule has 2 aromatic rings. The molecular formula is C5H5N3S2. The van der Waals surface area contributed by atoms with Crippen molar-refractivity contribution in [1.82, 2.24) is 14.6 Å². The third kappa shape index (κ3) is 0.819. The Balaban J connectivity index is 2.67. The Morgan fingerprint density at radius 1 is 1.70 bits per heavy atom. The van der Waals surface area contributed by atoms with Crippen LogP contribution in [0, 0.1) is 0 Å². The minimum Gasteiger partial charge on any atom is -0.226 e. The Bertz CT molecular complexity index is 309. The Labute approximate surface area is 66.1 Å². The summed E-state index contributed by atoms with van der Waals surface area (Å²) in [5, 5.41) is 4.23. The molecule has 0 unspecified atom stereocenters. The number of fused-ring (bicyclic) bond motifs is 1. The topological polar surface area (TPSA) is 30.2 Å². The van der Waals surface area contributed by atoms with Gasteiger partial charge in [0.1, 0.15) is 0 Å². The van der Waals surface area contributed by atoms with E-state index in [2.05, 4.69) is 10.1 Å². The molecule has 0 aliphatic carbocycles. The van der Waals surface area contributed by atoms with Gasteiger partial charge in [-0.3, -0.25) is 0 Å². The summed E-state index contributed by atoms with van der Waals surface area (Å²) < 4.78 is 2.85. The fourth-order valence-corrected chi connectivity index (χ4v) is 2.02. The predicted molar refractivity (Wildman–Crippen MR) is 42.6 cm³/mol. The summed E-state index contributed by atoms with van der Waals surface area (Å²) in [4.78, 5) is 5.06. The van der Waals surface area contributed by atoms with Gasteiger partial charge < -0.3 is 0 Å². The highest BCUT2D eigenvalue weighted by Crippen LogP contribution is 2.20. The van der Waals surface area contributed by atoms with Gasteiger partial charge in [-0.05, 0) is 6.26 Å². The number of aromatic nitrogens is 3. The van der Waals surface area contributed by atoms with E-state index in [4.69, 9.17) is 0 Å². The van der Waals surface area contributed by atoms with Gasteiger partial charge in [-0.2, -0.15) is 0 Å². The Morgan fingerprint density at radius 2 is 2.60 bits per heavy atom. The molecule has 0 saturated heterocycles. The maximum Gasteiger partial charge on any atom is 0.212 e. The van der Waals surface area contributed by atoms with E-state index >= 15 is 0 Å². The number of hydrogen-bond acceptors (Lipinski definition) is 4. The fourth-order valence-electron chi connectivity index (χ4n) is 0.701. The van der Waals surface area contributed by atoms with Crippen molar-refractivity contribution in [2.75, 3.05) is 6.26 Å². The molecule has 0 bridgehead atoms. The summed E-state index contributed by atoms with van der Waals surface area (Å²) >= 11 is 3.25. The van der Waals surface area contributed by atoms with Gasteiger partial charge in [0, 0.05) is 6.20 Å². The summed E-state index contributed by atoms with van der Waals surface area (Å²) in [6, 6.07) is 0. The number of nitrogens with zero attached hydrogens (tertiary/aromatic N) is 3. The summed E-state index contributed by atoms with van der Waals surface area (Å²) in [5.41, 5.74) is 0. The van der Waals surface area contributed by atoms with Crippen LogP contribution in [0.1, 0.15) is 0 Å².